The lowest BCUT2D eigenvalue weighted by atomic mass is 9.90. The largest absolute Gasteiger partial charge is 0.494 e. The van der Waals surface area contributed by atoms with Gasteiger partial charge in [0.25, 0.3) is 5.91 Å². The number of hydrogen-bond acceptors (Lipinski definition) is 4. The predicted molar refractivity (Wildman–Crippen MR) is 77.7 cm³/mol. The lowest BCUT2D eigenvalue weighted by Crippen LogP contribution is -2.44. The van der Waals surface area contributed by atoms with Crippen molar-refractivity contribution in [3.05, 3.63) is 24.0 Å². The topological polar surface area (TPSA) is 68.5 Å². The Labute approximate surface area is 120 Å². The van der Waals surface area contributed by atoms with Gasteiger partial charge in [-0.3, -0.25) is 9.78 Å². The smallest absolute Gasteiger partial charge is 0.257 e. The van der Waals surface area contributed by atoms with Crippen LogP contribution in [0.2, 0.25) is 0 Å². The molecule has 0 unspecified atom stereocenters. The number of carbonyl (C=O) groups is 1. The SMILES string of the molecule is CCN(C(=O)c1ccncc1OC)C1CCC(N)CC1. The number of methoxy groups -OCH3 is 1. The van der Waals surface area contributed by atoms with Crippen LogP contribution in [-0.4, -0.2) is 41.5 Å². The van der Waals surface area contributed by atoms with E-state index in [1.165, 1.54) is 0 Å². The summed E-state index contributed by atoms with van der Waals surface area (Å²) >= 11 is 0. The number of amides is 1. The molecule has 1 aromatic heterocycles. The highest BCUT2D eigenvalue weighted by Crippen LogP contribution is 2.25. The van der Waals surface area contributed by atoms with E-state index in [1.54, 1.807) is 25.6 Å². The Morgan fingerprint density at radius 1 is 1.45 bits per heavy atom. The van der Waals surface area contributed by atoms with Crippen molar-refractivity contribution in [1.82, 2.24) is 9.88 Å². The summed E-state index contributed by atoms with van der Waals surface area (Å²) in [7, 11) is 1.56. The number of carbonyl (C=O) groups excluding carboxylic acids is 1. The Balaban J connectivity index is 2.16. The molecule has 0 atom stereocenters. The Morgan fingerprint density at radius 3 is 2.75 bits per heavy atom. The first-order valence-electron chi connectivity index (χ1n) is 7.22. The molecule has 1 heterocycles. The third-order valence-electron chi connectivity index (χ3n) is 4.02. The molecule has 0 radical (unpaired) electrons. The van der Waals surface area contributed by atoms with Crippen molar-refractivity contribution < 1.29 is 9.53 Å². The fraction of sp³-hybridized carbons (Fsp3) is 0.600. The summed E-state index contributed by atoms with van der Waals surface area (Å²) < 4.78 is 5.24. The molecule has 2 N–H and O–H groups in total. The van der Waals surface area contributed by atoms with Crippen LogP contribution in [0.15, 0.2) is 18.5 Å². The standard InChI is InChI=1S/C15H23N3O2/c1-3-18(12-6-4-11(16)5-7-12)15(19)13-8-9-17-10-14(13)20-2/h8-12H,3-7,16H2,1-2H3. The van der Waals surface area contributed by atoms with E-state index in [2.05, 4.69) is 4.98 Å². The van der Waals surface area contributed by atoms with E-state index < -0.39 is 0 Å². The highest BCUT2D eigenvalue weighted by molar-refractivity contribution is 5.97. The molecule has 0 saturated heterocycles. The first-order chi connectivity index (χ1) is 9.67. The van der Waals surface area contributed by atoms with Gasteiger partial charge in [0.1, 0.15) is 5.75 Å². The third kappa shape index (κ3) is 3.10. The predicted octanol–water partition coefficient (Wildman–Crippen LogP) is 1.82. The van der Waals surface area contributed by atoms with E-state index in [0.717, 1.165) is 25.7 Å². The minimum absolute atomic E-state index is 0.0206. The van der Waals surface area contributed by atoms with Crippen LogP contribution >= 0.6 is 0 Å². The summed E-state index contributed by atoms with van der Waals surface area (Å²) in [5, 5.41) is 0. The lowest BCUT2D eigenvalue weighted by Gasteiger charge is -2.35. The Morgan fingerprint density at radius 2 is 2.15 bits per heavy atom. The van der Waals surface area contributed by atoms with Crippen LogP contribution in [0.25, 0.3) is 0 Å². The van der Waals surface area contributed by atoms with Gasteiger partial charge in [-0.1, -0.05) is 0 Å². The van der Waals surface area contributed by atoms with Crippen molar-refractivity contribution in [3.63, 3.8) is 0 Å². The van der Waals surface area contributed by atoms with Crippen molar-refractivity contribution in [2.24, 2.45) is 5.73 Å². The van der Waals surface area contributed by atoms with Crippen LogP contribution in [-0.2, 0) is 0 Å². The van der Waals surface area contributed by atoms with E-state index in [0.29, 0.717) is 17.9 Å². The van der Waals surface area contributed by atoms with Gasteiger partial charge in [-0.25, -0.2) is 0 Å². The molecule has 0 aliphatic heterocycles. The maximum atomic E-state index is 12.7. The molecule has 0 bridgehead atoms. The number of nitrogens with zero attached hydrogens (tertiary/aromatic N) is 2. The summed E-state index contributed by atoms with van der Waals surface area (Å²) in [6.45, 7) is 2.71. The molecule has 1 amide bonds. The van der Waals surface area contributed by atoms with Crippen LogP contribution in [0.3, 0.4) is 0 Å². The zero-order valence-corrected chi connectivity index (χ0v) is 12.2. The van der Waals surface area contributed by atoms with Crippen LogP contribution < -0.4 is 10.5 Å². The average molecular weight is 277 g/mol. The number of nitrogens with two attached hydrogens (primary N) is 1. The number of aromatic nitrogens is 1. The normalized spacial score (nSPS) is 22.4. The molecule has 1 saturated carbocycles. The molecule has 1 aromatic rings. The Kier molecular flexibility index (Phi) is 4.95. The van der Waals surface area contributed by atoms with Gasteiger partial charge in [0.15, 0.2) is 0 Å². The first-order valence-corrected chi connectivity index (χ1v) is 7.22. The summed E-state index contributed by atoms with van der Waals surface area (Å²) in [5.41, 5.74) is 6.52. The van der Waals surface area contributed by atoms with E-state index in [-0.39, 0.29) is 18.0 Å². The minimum atomic E-state index is 0.0206. The van der Waals surface area contributed by atoms with Crippen molar-refractivity contribution in [2.75, 3.05) is 13.7 Å². The number of pyridine rings is 1. The summed E-state index contributed by atoms with van der Waals surface area (Å²) in [4.78, 5) is 18.7. The van der Waals surface area contributed by atoms with Gasteiger partial charge in [-0.15, -0.1) is 0 Å². The van der Waals surface area contributed by atoms with Gasteiger partial charge >= 0.3 is 0 Å². The molecule has 5 nitrogen and oxygen atoms in total. The molecule has 0 spiro atoms. The molecule has 2 rings (SSSR count). The minimum Gasteiger partial charge on any atom is -0.494 e. The number of rotatable bonds is 4. The second kappa shape index (κ2) is 6.70. The maximum absolute atomic E-state index is 12.7. The van der Waals surface area contributed by atoms with Crippen LogP contribution in [0.5, 0.6) is 5.75 Å². The number of hydrogen-bond donors (Lipinski definition) is 1. The number of ether oxygens (including phenoxy) is 1. The highest BCUT2D eigenvalue weighted by Gasteiger charge is 2.28. The van der Waals surface area contributed by atoms with Gasteiger partial charge in [-0.05, 0) is 38.7 Å². The first kappa shape index (κ1) is 14.8. The summed E-state index contributed by atoms with van der Waals surface area (Å²) in [5.74, 6) is 0.552. The van der Waals surface area contributed by atoms with Crippen LogP contribution in [0, 0.1) is 0 Å². The molecule has 1 aliphatic carbocycles. The molecule has 0 aromatic carbocycles. The molecule has 1 aliphatic rings. The average Bonchev–Trinajstić information content (AvgIpc) is 2.49. The Hall–Kier alpha value is -1.62. The highest BCUT2D eigenvalue weighted by atomic mass is 16.5. The van der Waals surface area contributed by atoms with Gasteiger partial charge in [0.05, 0.1) is 18.9 Å². The monoisotopic (exact) mass is 277 g/mol. The van der Waals surface area contributed by atoms with Gasteiger partial charge in [0, 0.05) is 24.8 Å². The Bertz CT molecular complexity index is 456. The van der Waals surface area contributed by atoms with Crippen LogP contribution in [0.4, 0.5) is 0 Å². The van der Waals surface area contributed by atoms with E-state index in [1.807, 2.05) is 11.8 Å². The molecular weight excluding hydrogens is 254 g/mol. The summed E-state index contributed by atoms with van der Waals surface area (Å²) in [6.07, 6.45) is 7.14. The fourth-order valence-electron chi connectivity index (χ4n) is 2.85. The molecule has 1 fully saturated rings. The quantitative estimate of drug-likeness (QED) is 0.911. The second-order valence-corrected chi connectivity index (χ2v) is 5.24. The fourth-order valence-corrected chi connectivity index (χ4v) is 2.85. The van der Waals surface area contributed by atoms with Gasteiger partial charge in [-0.2, -0.15) is 0 Å². The molecule has 5 heteroatoms. The van der Waals surface area contributed by atoms with Crippen molar-refractivity contribution in [1.29, 1.82) is 0 Å². The van der Waals surface area contributed by atoms with Crippen molar-refractivity contribution in [3.8, 4) is 5.75 Å². The van der Waals surface area contributed by atoms with Gasteiger partial charge < -0.3 is 15.4 Å². The third-order valence-corrected chi connectivity index (χ3v) is 4.02. The van der Waals surface area contributed by atoms with Crippen LogP contribution in [0.1, 0.15) is 43.0 Å². The molecule has 110 valence electrons. The zero-order valence-electron chi connectivity index (χ0n) is 12.2. The maximum Gasteiger partial charge on any atom is 0.257 e. The lowest BCUT2D eigenvalue weighted by molar-refractivity contribution is 0.0637. The van der Waals surface area contributed by atoms with E-state index in [4.69, 9.17) is 10.5 Å². The second-order valence-electron chi connectivity index (χ2n) is 5.24. The van der Waals surface area contributed by atoms with E-state index >= 15 is 0 Å². The zero-order chi connectivity index (χ0) is 14.5. The van der Waals surface area contributed by atoms with Crippen molar-refractivity contribution in [2.45, 2.75) is 44.7 Å². The summed E-state index contributed by atoms with van der Waals surface area (Å²) in [6, 6.07) is 2.29. The van der Waals surface area contributed by atoms with Gasteiger partial charge in [0.2, 0.25) is 0 Å². The molecule has 20 heavy (non-hydrogen) atoms. The molecular formula is C15H23N3O2. The van der Waals surface area contributed by atoms with E-state index in [9.17, 15) is 4.79 Å². The van der Waals surface area contributed by atoms with Crippen molar-refractivity contribution >= 4 is 5.91 Å².